The second-order valence-corrected chi connectivity index (χ2v) is 15.3. The first-order valence-corrected chi connectivity index (χ1v) is 21.2. The van der Waals surface area contributed by atoms with Crippen molar-refractivity contribution in [3.63, 3.8) is 0 Å². The van der Waals surface area contributed by atoms with Crippen molar-refractivity contribution in [1.29, 1.82) is 0 Å². The lowest BCUT2D eigenvalue weighted by Gasteiger charge is -2.24. The number of unbranched alkanes of at least 4 members (excludes halogenated alkanes) is 9. The van der Waals surface area contributed by atoms with Crippen LogP contribution in [0.25, 0.3) is 0 Å². The van der Waals surface area contributed by atoms with Crippen molar-refractivity contribution >= 4 is 13.8 Å². The molecule has 294 valence electrons. The van der Waals surface area contributed by atoms with Crippen LogP contribution in [0.5, 0.6) is 0 Å². The predicted molar refractivity (Wildman–Crippen MR) is 215 cm³/mol. The van der Waals surface area contributed by atoms with Crippen molar-refractivity contribution in [1.82, 2.24) is 0 Å². The van der Waals surface area contributed by atoms with E-state index >= 15 is 0 Å². The molecule has 2 atom stereocenters. The Labute approximate surface area is 312 Å². The summed E-state index contributed by atoms with van der Waals surface area (Å²) in [6, 6.07) is 0. The number of quaternary nitrogens is 1. The molecule has 0 rings (SSSR count). The van der Waals surface area contributed by atoms with Crippen LogP contribution in [-0.4, -0.2) is 75.6 Å². The first-order valence-electron chi connectivity index (χ1n) is 19.7. The third-order valence-corrected chi connectivity index (χ3v) is 8.75. The van der Waals surface area contributed by atoms with Crippen molar-refractivity contribution in [2.45, 2.75) is 136 Å². The van der Waals surface area contributed by atoms with Crippen LogP contribution in [0.1, 0.15) is 129 Å². The SMILES string of the molecule is CC/C=C\C/C=C\C/C=C\CCCCCCCCOCC(COP(=O)(O)OCC[N+](C)(C)C)OC(=O)CCCCC/C=C\C/C=C\C/C=C\CC. The summed E-state index contributed by atoms with van der Waals surface area (Å²) in [6.45, 7) is 5.29. The summed E-state index contributed by atoms with van der Waals surface area (Å²) in [6.07, 6.45) is 43.6. The Bertz CT molecular complexity index is 1040. The number of rotatable bonds is 35. The highest BCUT2D eigenvalue weighted by Crippen LogP contribution is 2.43. The maximum absolute atomic E-state index is 12.6. The predicted octanol–water partition coefficient (Wildman–Crippen LogP) is 11.2. The summed E-state index contributed by atoms with van der Waals surface area (Å²) in [5, 5.41) is 0. The molecule has 0 aromatic heterocycles. The fourth-order valence-corrected chi connectivity index (χ4v) is 5.50. The molecular formula is C42H75NO7P+. The Kier molecular flexibility index (Phi) is 33.6. The molecule has 8 nitrogen and oxygen atoms in total. The number of ether oxygens (including phenoxy) is 2. The van der Waals surface area contributed by atoms with Gasteiger partial charge in [-0.2, -0.15) is 0 Å². The summed E-state index contributed by atoms with van der Waals surface area (Å²) in [5.41, 5.74) is 0. The van der Waals surface area contributed by atoms with Gasteiger partial charge in [-0.05, 0) is 77.0 Å². The molecule has 0 fully saturated rings. The highest BCUT2D eigenvalue weighted by Gasteiger charge is 2.26. The third-order valence-electron chi connectivity index (χ3n) is 7.76. The molecule has 0 aromatic rings. The number of allylic oxidation sites excluding steroid dienone is 12. The maximum Gasteiger partial charge on any atom is 0.472 e. The van der Waals surface area contributed by atoms with Gasteiger partial charge in [0.15, 0.2) is 0 Å². The average molecular weight is 737 g/mol. The lowest BCUT2D eigenvalue weighted by Crippen LogP contribution is -2.37. The molecule has 0 bridgehead atoms. The normalized spacial score (nSPS) is 14.7. The van der Waals surface area contributed by atoms with E-state index in [0.717, 1.165) is 89.9 Å². The van der Waals surface area contributed by atoms with Gasteiger partial charge in [0.05, 0.1) is 34.4 Å². The highest BCUT2D eigenvalue weighted by molar-refractivity contribution is 7.47. The molecule has 0 radical (unpaired) electrons. The van der Waals surface area contributed by atoms with Gasteiger partial charge in [0.25, 0.3) is 0 Å². The Morgan fingerprint density at radius 3 is 1.61 bits per heavy atom. The summed E-state index contributed by atoms with van der Waals surface area (Å²) in [5.74, 6) is -0.352. The Morgan fingerprint density at radius 2 is 1.08 bits per heavy atom. The molecule has 1 N–H and O–H groups in total. The Morgan fingerprint density at radius 1 is 0.608 bits per heavy atom. The summed E-state index contributed by atoms with van der Waals surface area (Å²) >= 11 is 0. The van der Waals surface area contributed by atoms with Gasteiger partial charge in [0.1, 0.15) is 19.3 Å². The van der Waals surface area contributed by atoms with Crippen molar-refractivity contribution in [3.8, 4) is 0 Å². The second-order valence-electron chi connectivity index (χ2n) is 13.9. The van der Waals surface area contributed by atoms with Crippen molar-refractivity contribution in [3.05, 3.63) is 72.9 Å². The lowest BCUT2D eigenvalue weighted by molar-refractivity contribution is -0.870. The van der Waals surface area contributed by atoms with Crippen LogP contribution in [0.3, 0.4) is 0 Å². The van der Waals surface area contributed by atoms with Crippen LogP contribution in [0.4, 0.5) is 0 Å². The van der Waals surface area contributed by atoms with Gasteiger partial charge in [0, 0.05) is 13.0 Å². The number of hydrogen-bond donors (Lipinski definition) is 1. The average Bonchev–Trinajstić information content (AvgIpc) is 3.08. The van der Waals surface area contributed by atoms with Crippen LogP contribution in [0.15, 0.2) is 72.9 Å². The van der Waals surface area contributed by atoms with Crippen molar-refractivity contribution in [2.75, 3.05) is 54.1 Å². The summed E-state index contributed by atoms with van der Waals surface area (Å²) < 4.78 is 34.8. The van der Waals surface area contributed by atoms with Crippen molar-refractivity contribution < 1.29 is 37.3 Å². The van der Waals surface area contributed by atoms with Crippen LogP contribution >= 0.6 is 7.82 Å². The zero-order valence-electron chi connectivity index (χ0n) is 33.1. The zero-order valence-corrected chi connectivity index (χ0v) is 34.0. The Hall–Kier alpha value is -2.06. The minimum absolute atomic E-state index is 0.0759. The molecule has 2 unspecified atom stereocenters. The second kappa shape index (κ2) is 35.0. The van der Waals surface area contributed by atoms with Gasteiger partial charge in [-0.3, -0.25) is 13.8 Å². The number of likely N-dealkylation sites (N-methyl/N-ethyl adjacent to an activating group) is 1. The number of esters is 1. The minimum atomic E-state index is -4.29. The number of nitrogens with zero attached hydrogens (tertiary/aromatic N) is 1. The van der Waals surface area contributed by atoms with Gasteiger partial charge in [-0.15, -0.1) is 0 Å². The molecule has 0 amide bonds. The highest BCUT2D eigenvalue weighted by atomic mass is 31.2. The van der Waals surface area contributed by atoms with Gasteiger partial charge in [-0.25, -0.2) is 4.57 Å². The molecule has 0 aromatic carbocycles. The third kappa shape index (κ3) is 39.0. The van der Waals surface area contributed by atoms with E-state index in [-0.39, 0.29) is 32.2 Å². The first-order chi connectivity index (χ1) is 24.6. The summed E-state index contributed by atoms with van der Waals surface area (Å²) in [4.78, 5) is 22.8. The fourth-order valence-electron chi connectivity index (χ4n) is 4.76. The molecule has 51 heavy (non-hydrogen) atoms. The number of phosphoric acid groups is 1. The smallest absolute Gasteiger partial charge is 0.457 e. The van der Waals surface area contributed by atoms with E-state index in [4.69, 9.17) is 18.5 Å². The molecule has 0 spiro atoms. The lowest BCUT2D eigenvalue weighted by atomic mass is 10.1. The van der Waals surface area contributed by atoms with Crippen molar-refractivity contribution in [2.24, 2.45) is 0 Å². The molecule has 0 saturated carbocycles. The standard InChI is InChI=1S/C42H74NO7P/c1-6-8-10-12-14-16-18-20-21-22-24-26-28-30-32-34-37-47-39-41(40-49-51(45,46)48-38-36-43(3,4)5)50-42(44)35-33-31-29-27-25-23-19-17-15-13-11-9-7-2/h8-11,14-17,20-21,23,25,41H,6-7,12-13,18-19,22,24,26-40H2,1-5H3/p+1/b10-8-,11-9-,16-14-,17-15-,21-20-,25-23-. The topological polar surface area (TPSA) is 91.3 Å². The van der Waals surface area contributed by atoms with Gasteiger partial charge in [-0.1, -0.05) is 119 Å². The zero-order chi connectivity index (χ0) is 37.7. The number of carbonyl (C=O) groups excluding carboxylic acids is 1. The van der Waals surface area contributed by atoms with E-state index in [1.54, 1.807) is 0 Å². The van der Waals surface area contributed by atoms with Gasteiger partial charge >= 0.3 is 13.8 Å². The number of carbonyl (C=O) groups is 1. The molecular weight excluding hydrogens is 661 g/mol. The van der Waals surface area contributed by atoms with E-state index in [0.29, 0.717) is 17.6 Å². The molecule has 0 saturated heterocycles. The van der Waals surface area contributed by atoms with Crippen LogP contribution in [-0.2, 0) is 27.9 Å². The Balaban J connectivity index is 4.37. The van der Waals surface area contributed by atoms with E-state index in [1.165, 1.54) is 19.3 Å². The minimum Gasteiger partial charge on any atom is -0.457 e. The molecule has 9 heteroatoms. The molecule has 0 aliphatic heterocycles. The molecule has 0 heterocycles. The fraction of sp³-hybridized carbons (Fsp3) is 0.690. The van der Waals surface area contributed by atoms with E-state index in [9.17, 15) is 14.3 Å². The number of phosphoric ester groups is 1. The van der Waals surface area contributed by atoms with Crippen LogP contribution in [0, 0.1) is 0 Å². The first kappa shape index (κ1) is 48.9. The molecule has 0 aliphatic rings. The largest absolute Gasteiger partial charge is 0.472 e. The van der Waals surface area contributed by atoms with E-state index < -0.39 is 13.9 Å². The van der Waals surface area contributed by atoms with Gasteiger partial charge in [0.2, 0.25) is 0 Å². The quantitative estimate of drug-likeness (QED) is 0.0228. The summed E-state index contributed by atoms with van der Waals surface area (Å²) in [7, 11) is 1.62. The van der Waals surface area contributed by atoms with Crippen LogP contribution in [0.2, 0.25) is 0 Å². The number of hydrogen-bond acceptors (Lipinski definition) is 6. The van der Waals surface area contributed by atoms with E-state index in [2.05, 4.69) is 86.8 Å². The molecule has 0 aliphatic carbocycles. The maximum atomic E-state index is 12.6. The van der Waals surface area contributed by atoms with E-state index in [1.807, 2.05) is 21.1 Å². The monoisotopic (exact) mass is 737 g/mol. The van der Waals surface area contributed by atoms with Crippen LogP contribution < -0.4 is 0 Å². The van der Waals surface area contributed by atoms with Gasteiger partial charge < -0.3 is 18.9 Å².